The molecule has 0 radical (unpaired) electrons. The number of aliphatic hydroxyl groups is 1. The van der Waals surface area contributed by atoms with Crippen molar-refractivity contribution < 1.29 is 15.0 Å². The van der Waals surface area contributed by atoms with Crippen LogP contribution < -0.4 is 0 Å². The number of aliphatic hydroxyl groups excluding tert-OH is 1. The standard InChI is InChI=1S/C14H22O3/c1-10(2)11-6-7-13(14(16)17)12(9-11)5-3-4-8-15/h11,15H,1,3-9H2,2H3,(H,16,17)/t11-/m1/s1. The van der Waals surface area contributed by atoms with E-state index in [1.807, 2.05) is 6.92 Å². The Bertz CT molecular complexity index is 328. The first-order valence-electron chi connectivity index (χ1n) is 6.26. The predicted molar refractivity (Wildman–Crippen MR) is 67.8 cm³/mol. The molecule has 1 aliphatic carbocycles. The van der Waals surface area contributed by atoms with Crippen molar-refractivity contribution in [2.24, 2.45) is 5.92 Å². The van der Waals surface area contributed by atoms with Gasteiger partial charge in [-0.2, -0.15) is 0 Å². The molecule has 17 heavy (non-hydrogen) atoms. The SMILES string of the molecule is C=C(C)[C@@H]1CCC(C(=O)O)=C(CCCCO)C1. The van der Waals surface area contributed by atoms with E-state index >= 15 is 0 Å². The van der Waals surface area contributed by atoms with E-state index in [0.717, 1.165) is 43.3 Å². The minimum atomic E-state index is -0.774. The first kappa shape index (κ1) is 14.0. The van der Waals surface area contributed by atoms with Crippen LogP contribution in [0.4, 0.5) is 0 Å². The third-order valence-corrected chi connectivity index (χ3v) is 3.50. The molecule has 96 valence electrons. The van der Waals surface area contributed by atoms with Crippen LogP contribution in [-0.2, 0) is 4.79 Å². The fourth-order valence-electron chi connectivity index (χ4n) is 2.40. The van der Waals surface area contributed by atoms with Gasteiger partial charge in [0.05, 0.1) is 0 Å². The minimum Gasteiger partial charge on any atom is -0.478 e. The number of carboxylic acids is 1. The smallest absolute Gasteiger partial charge is 0.331 e. The highest BCUT2D eigenvalue weighted by molar-refractivity contribution is 5.87. The maximum absolute atomic E-state index is 11.1. The monoisotopic (exact) mass is 238 g/mol. The molecule has 0 aromatic heterocycles. The fraction of sp³-hybridized carbons (Fsp3) is 0.643. The maximum Gasteiger partial charge on any atom is 0.331 e. The lowest BCUT2D eigenvalue weighted by Gasteiger charge is -2.26. The largest absolute Gasteiger partial charge is 0.478 e. The van der Waals surface area contributed by atoms with Crippen LogP contribution in [0.5, 0.6) is 0 Å². The van der Waals surface area contributed by atoms with Crippen molar-refractivity contribution in [1.82, 2.24) is 0 Å². The molecule has 1 rings (SSSR count). The summed E-state index contributed by atoms with van der Waals surface area (Å²) in [7, 11) is 0. The Morgan fingerprint density at radius 1 is 1.47 bits per heavy atom. The molecule has 0 heterocycles. The van der Waals surface area contributed by atoms with Crippen molar-refractivity contribution >= 4 is 5.97 Å². The van der Waals surface area contributed by atoms with Gasteiger partial charge >= 0.3 is 5.97 Å². The van der Waals surface area contributed by atoms with Crippen LogP contribution in [0.25, 0.3) is 0 Å². The lowest BCUT2D eigenvalue weighted by Crippen LogP contribution is -2.16. The predicted octanol–water partition coefficient (Wildman–Crippen LogP) is 2.91. The summed E-state index contributed by atoms with van der Waals surface area (Å²) in [6, 6.07) is 0. The quantitative estimate of drug-likeness (QED) is 0.552. The minimum absolute atomic E-state index is 0.180. The van der Waals surface area contributed by atoms with E-state index in [1.165, 1.54) is 0 Å². The van der Waals surface area contributed by atoms with Crippen LogP contribution in [0.2, 0.25) is 0 Å². The van der Waals surface area contributed by atoms with Crippen LogP contribution in [-0.4, -0.2) is 22.8 Å². The number of carboxylic acid groups (broad SMARTS) is 1. The Morgan fingerprint density at radius 2 is 2.18 bits per heavy atom. The third-order valence-electron chi connectivity index (χ3n) is 3.50. The molecule has 0 fully saturated rings. The van der Waals surface area contributed by atoms with Crippen molar-refractivity contribution in [2.75, 3.05) is 6.61 Å². The van der Waals surface area contributed by atoms with E-state index in [2.05, 4.69) is 6.58 Å². The summed E-state index contributed by atoms with van der Waals surface area (Å²) in [5.41, 5.74) is 2.81. The zero-order chi connectivity index (χ0) is 12.8. The van der Waals surface area contributed by atoms with Gasteiger partial charge in [0.1, 0.15) is 0 Å². The summed E-state index contributed by atoms with van der Waals surface area (Å²) in [6.07, 6.45) is 4.80. The van der Waals surface area contributed by atoms with Crippen molar-refractivity contribution in [1.29, 1.82) is 0 Å². The maximum atomic E-state index is 11.1. The van der Waals surface area contributed by atoms with Gasteiger partial charge in [-0.1, -0.05) is 17.7 Å². The molecule has 0 aromatic rings. The summed E-state index contributed by atoms with van der Waals surface area (Å²) in [5.74, 6) is -0.341. The molecule has 0 aliphatic heterocycles. The number of unbranched alkanes of at least 4 members (excludes halogenated alkanes) is 1. The number of aliphatic carboxylic acids is 1. The van der Waals surface area contributed by atoms with Gasteiger partial charge in [0, 0.05) is 12.2 Å². The highest BCUT2D eigenvalue weighted by atomic mass is 16.4. The average Bonchev–Trinajstić information content (AvgIpc) is 2.28. The van der Waals surface area contributed by atoms with Gasteiger partial charge in [-0.15, -0.1) is 0 Å². The molecule has 0 unspecified atom stereocenters. The summed E-state index contributed by atoms with van der Waals surface area (Å²) in [6.45, 7) is 6.17. The lowest BCUT2D eigenvalue weighted by atomic mass is 9.79. The number of carbonyl (C=O) groups is 1. The van der Waals surface area contributed by atoms with Gasteiger partial charge in [-0.3, -0.25) is 0 Å². The van der Waals surface area contributed by atoms with Gasteiger partial charge in [0.25, 0.3) is 0 Å². The third kappa shape index (κ3) is 4.00. The molecule has 0 amide bonds. The van der Waals surface area contributed by atoms with E-state index in [1.54, 1.807) is 0 Å². The van der Waals surface area contributed by atoms with E-state index in [4.69, 9.17) is 10.2 Å². The first-order chi connectivity index (χ1) is 8.06. The lowest BCUT2D eigenvalue weighted by molar-refractivity contribution is -0.133. The molecule has 0 aromatic carbocycles. The Hall–Kier alpha value is -1.09. The van der Waals surface area contributed by atoms with Gasteiger partial charge in [-0.25, -0.2) is 4.79 Å². The Balaban J connectivity index is 2.73. The van der Waals surface area contributed by atoms with E-state index in [-0.39, 0.29) is 6.61 Å². The number of hydrogen-bond acceptors (Lipinski definition) is 2. The molecule has 0 bridgehead atoms. The highest BCUT2D eigenvalue weighted by Gasteiger charge is 2.24. The molecule has 3 nitrogen and oxygen atoms in total. The fourth-order valence-corrected chi connectivity index (χ4v) is 2.40. The molecule has 2 N–H and O–H groups in total. The van der Waals surface area contributed by atoms with Crippen LogP contribution in [0.15, 0.2) is 23.3 Å². The highest BCUT2D eigenvalue weighted by Crippen LogP contribution is 2.35. The van der Waals surface area contributed by atoms with Gasteiger partial charge in [0.2, 0.25) is 0 Å². The van der Waals surface area contributed by atoms with E-state index in [0.29, 0.717) is 17.9 Å². The van der Waals surface area contributed by atoms with Gasteiger partial charge in [0.15, 0.2) is 0 Å². The Labute approximate surface area is 103 Å². The van der Waals surface area contributed by atoms with Crippen molar-refractivity contribution in [2.45, 2.75) is 45.4 Å². The van der Waals surface area contributed by atoms with Crippen LogP contribution in [0.3, 0.4) is 0 Å². The summed E-state index contributed by atoms with van der Waals surface area (Å²) in [5, 5.41) is 17.9. The zero-order valence-corrected chi connectivity index (χ0v) is 10.5. The molecular weight excluding hydrogens is 216 g/mol. The molecule has 3 heteroatoms. The van der Waals surface area contributed by atoms with E-state index in [9.17, 15) is 4.79 Å². The second kappa shape index (κ2) is 6.60. The van der Waals surface area contributed by atoms with Crippen LogP contribution >= 0.6 is 0 Å². The Kier molecular flexibility index (Phi) is 5.42. The molecular formula is C14H22O3. The van der Waals surface area contributed by atoms with Crippen molar-refractivity contribution in [3.8, 4) is 0 Å². The number of allylic oxidation sites excluding steroid dienone is 2. The first-order valence-corrected chi connectivity index (χ1v) is 6.26. The molecule has 0 spiro atoms. The van der Waals surface area contributed by atoms with Gasteiger partial charge < -0.3 is 10.2 Å². The van der Waals surface area contributed by atoms with Crippen molar-refractivity contribution in [3.05, 3.63) is 23.3 Å². The second-order valence-electron chi connectivity index (χ2n) is 4.85. The molecule has 1 atom stereocenters. The summed E-state index contributed by atoms with van der Waals surface area (Å²) >= 11 is 0. The normalized spacial score (nSPS) is 20.5. The second-order valence-corrected chi connectivity index (χ2v) is 4.85. The molecule has 1 aliphatic rings. The number of rotatable bonds is 6. The van der Waals surface area contributed by atoms with Crippen LogP contribution in [0, 0.1) is 5.92 Å². The summed E-state index contributed by atoms with van der Waals surface area (Å²) in [4.78, 5) is 11.1. The van der Waals surface area contributed by atoms with Crippen LogP contribution in [0.1, 0.15) is 45.4 Å². The van der Waals surface area contributed by atoms with E-state index < -0.39 is 5.97 Å². The topological polar surface area (TPSA) is 57.5 Å². The average molecular weight is 238 g/mol. The zero-order valence-electron chi connectivity index (χ0n) is 10.5. The Morgan fingerprint density at radius 3 is 2.71 bits per heavy atom. The summed E-state index contributed by atoms with van der Waals surface area (Å²) < 4.78 is 0. The molecule has 0 saturated carbocycles. The number of hydrogen-bond donors (Lipinski definition) is 2. The van der Waals surface area contributed by atoms with Crippen molar-refractivity contribution in [3.63, 3.8) is 0 Å². The molecule has 0 saturated heterocycles. The van der Waals surface area contributed by atoms with Gasteiger partial charge in [-0.05, 0) is 51.4 Å².